The van der Waals surface area contributed by atoms with E-state index in [0.717, 1.165) is 6.08 Å². The molecule has 0 saturated heterocycles. The second-order valence-electron chi connectivity index (χ2n) is 1.86. The van der Waals surface area contributed by atoms with Crippen molar-refractivity contribution in [1.82, 2.24) is 0 Å². The smallest absolute Gasteiger partial charge is 0.210 e. The molecule has 0 aromatic heterocycles. The minimum atomic E-state index is -4.78. The van der Waals surface area contributed by atoms with E-state index in [1.807, 2.05) is 0 Å². The molecule has 0 aliphatic carbocycles. The Bertz CT molecular complexity index is 690. The van der Waals surface area contributed by atoms with E-state index in [-0.39, 0.29) is 0 Å². The number of sulfonamides is 1. The van der Waals surface area contributed by atoms with Gasteiger partial charge in [-0.25, -0.2) is 4.79 Å². The topological polar surface area (TPSA) is 63.6 Å². The van der Waals surface area contributed by atoms with Gasteiger partial charge in [0.05, 0.1) is 10.4 Å². The standard InChI is InChI=1S/C8H7NO3S/c1-7-2-4-8(5-3-7)13(11,12)9-6-10/h2-5H,1H3/i1D3,2D,3D,4D,5D. The molecule has 1 aromatic rings. The highest BCUT2D eigenvalue weighted by atomic mass is 32.2. The lowest BCUT2D eigenvalue weighted by atomic mass is 10.2. The zero-order valence-corrected chi connectivity index (χ0v) is 6.90. The fourth-order valence-corrected chi connectivity index (χ4v) is 1.07. The summed E-state index contributed by atoms with van der Waals surface area (Å²) in [4.78, 5) is 8.87. The van der Waals surface area contributed by atoms with Crippen LogP contribution in [-0.4, -0.2) is 14.5 Å². The Morgan fingerprint density at radius 1 is 1.46 bits per heavy atom. The average molecular weight is 204 g/mol. The second kappa shape index (κ2) is 3.51. The molecule has 0 fully saturated rings. The highest BCUT2D eigenvalue weighted by Crippen LogP contribution is 2.11. The highest BCUT2D eigenvalue weighted by molar-refractivity contribution is 7.90. The van der Waals surface area contributed by atoms with Crippen LogP contribution in [0.4, 0.5) is 0 Å². The van der Waals surface area contributed by atoms with Gasteiger partial charge in [0.1, 0.15) is 0 Å². The Labute approximate surface area is 85.8 Å². The molecule has 0 N–H and O–H groups in total. The summed E-state index contributed by atoms with van der Waals surface area (Å²) in [5.41, 5.74) is -0.901. The molecular formula is C8H7NO3S. The van der Waals surface area contributed by atoms with Crippen LogP contribution in [0.5, 0.6) is 0 Å². The third-order valence-electron chi connectivity index (χ3n) is 1.02. The second-order valence-corrected chi connectivity index (χ2v) is 3.40. The van der Waals surface area contributed by atoms with Crippen molar-refractivity contribution >= 4 is 16.1 Å². The van der Waals surface area contributed by atoms with E-state index in [1.54, 1.807) is 0 Å². The molecule has 68 valence electrons. The van der Waals surface area contributed by atoms with Crippen molar-refractivity contribution in [3.05, 3.63) is 29.7 Å². The molecule has 0 bridgehead atoms. The molecule has 0 amide bonds. The van der Waals surface area contributed by atoms with Gasteiger partial charge in [0.25, 0.3) is 16.1 Å². The summed E-state index contributed by atoms with van der Waals surface area (Å²) in [7, 11) is -4.78. The maximum atomic E-state index is 11.6. The van der Waals surface area contributed by atoms with Crippen molar-refractivity contribution in [3.63, 3.8) is 0 Å². The van der Waals surface area contributed by atoms with E-state index >= 15 is 0 Å². The van der Waals surface area contributed by atoms with Gasteiger partial charge in [-0.2, -0.15) is 8.42 Å². The lowest BCUT2D eigenvalue weighted by Gasteiger charge is -1.96. The Kier molecular flexibility index (Phi) is 1.01. The molecule has 0 atom stereocenters. The van der Waals surface area contributed by atoms with E-state index in [1.165, 1.54) is 0 Å². The minimum Gasteiger partial charge on any atom is -0.210 e. The fraction of sp³-hybridized carbons (Fsp3) is 0.125. The average Bonchev–Trinajstić information content (AvgIpc) is 2.24. The van der Waals surface area contributed by atoms with Crippen molar-refractivity contribution in [2.75, 3.05) is 0 Å². The molecule has 0 aliphatic heterocycles. The zero-order valence-electron chi connectivity index (χ0n) is 13.1. The fourth-order valence-electron chi connectivity index (χ4n) is 0.525. The van der Waals surface area contributed by atoms with Crippen LogP contribution in [0.2, 0.25) is 0 Å². The van der Waals surface area contributed by atoms with Crippen LogP contribution in [0.25, 0.3) is 0 Å². The van der Waals surface area contributed by atoms with Crippen molar-refractivity contribution in [1.29, 1.82) is 0 Å². The van der Waals surface area contributed by atoms with Crippen LogP contribution in [0.15, 0.2) is 33.5 Å². The van der Waals surface area contributed by atoms with Gasteiger partial charge < -0.3 is 0 Å². The number of hydrogen-bond acceptors (Lipinski definition) is 3. The zero-order chi connectivity index (χ0) is 15.9. The summed E-state index contributed by atoms with van der Waals surface area (Å²) in [5, 5.41) is 0. The maximum absolute atomic E-state index is 11.6. The SMILES string of the molecule is [2H]c1c([2H])c(S(=O)(=O)N=C=O)c([2H])c([2H])c1C([2H])([2H])[2H]. The minimum absolute atomic E-state index is 0.731. The summed E-state index contributed by atoms with van der Waals surface area (Å²) in [6, 6.07) is -4.25. The molecule has 4 nitrogen and oxygen atoms in total. The number of hydrogen-bond donors (Lipinski definition) is 0. The predicted octanol–water partition coefficient (Wildman–Crippen LogP) is 1.02. The van der Waals surface area contributed by atoms with Gasteiger partial charge in [-0.3, -0.25) is 0 Å². The number of isocyanates is 1. The van der Waals surface area contributed by atoms with Gasteiger partial charge >= 0.3 is 0 Å². The highest BCUT2D eigenvalue weighted by Gasteiger charge is 2.10. The van der Waals surface area contributed by atoms with Gasteiger partial charge in [0, 0.05) is 4.11 Å². The Hall–Kier alpha value is -1.45. The van der Waals surface area contributed by atoms with E-state index in [9.17, 15) is 13.2 Å². The molecule has 0 saturated carbocycles. The van der Waals surface area contributed by atoms with E-state index < -0.39 is 51.5 Å². The van der Waals surface area contributed by atoms with Crippen LogP contribution in [0.3, 0.4) is 0 Å². The van der Waals surface area contributed by atoms with Gasteiger partial charge in [0.15, 0.2) is 0 Å². The first kappa shape index (κ1) is 3.74. The van der Waals surface area contributed by atoms with Crippen molar-refractivity contribution in [2.24, 2.45) is 4.40 Å². The summed E-state index contributed by atoms with van der Waals surface area (Å²) < 4.78 is 76.9. The van der Waals surface area contributed by atoms with Crippen LogP contribution < -0.4 is 0 Å². The van der Waals surface area contributed by atoms with E-state index in [0.29, 0.717) is 0 Å². The molecule has 1 rings (SSSR count). The lowest BCUT2D eigenvalue weighted by Crippen LogP contribution is -1.95. The van der Waals surface area contributed by atoms with Crippen LogP contribution in [0.1, 0.15) is 15.2 Å². The first-order chi connectivity index (χ1) is 8.95. The first-order valence-electron chi connectivity index (χ1n) is 6.40. The summed E-state index contributed by atoms with van der Waals surface area (Å²) in [6.07, 6.45) is 0.731. The summed E-state index contributed by atoms with van der Waals surface area (Å²) in [5.74, 6) is 0. The molecule has 13 heavy (non-hydrogen) atoms. The quantitative estimate of drug-likeness (QED) is 0.533. The summed E-state index contributed by atoms with van der Waals surface area (Å²) >= 11 is 0. The Morgan fingerprint density at radius 2 is 2.08 bits per heavy atom. The van der Waals surface area contributed by atoms with Crippen LogP contribution in [0, 0.1) is 6.85 Å². The third kappa shape index (κ3) is 2.24. The molecule has 0 radical (unpaired) electrons. The molecule has 1 aromatic carbocycles. The molecule has 0 unspecified atom stereocenters. The monoisotopic (exact) mass is 204 g/mol. The van der Waals surface area contributed by atoms with Crippen LogP contribution in [-0.2, 0) is 14.8 Å². The number of rotatable bonds is 2. The number of benzene rings is 1. The molecule has 0 heterocycles. The van der Waals surface area contributed by atoms with E-state index in [2.05, 4.69) is 4.40 Å². The van der Waals surface area contributed by atoms with Crippen molar-refractivity contribution in [3.8, 4) is 0 Å². The number of nitrogens with zero attached hydrogens (tertiary/aromatic N) is 1. The predicted molar refractivity (Wildman–Crippen MR) is 46.5 cm³/mol. The van der Waals surface area contributed by atoms with Gasteiger partial charge in [0.2, 0.25) is 0 Å². The largest absolute Gasteiger partial charge is 0.292 e. The first-order valence-corrected chi connectivity index (χ1v) is 4.34. The van der Waals surface area contributed by atoms with Gasteiger partial charge in [-0.15, -0.1) is 0 Å². The van der Waals surface area contributed by atoms with Gasteiger partial charge in [-0.05, 0) is 18.9 Å². The van der Waals surface area contributed by atoms with E-state index in [4.69, 9.17) is 9.60 Å². The Balaban J connectivity index is 3.93. The number of carbonyl (C=O) groups excluding carboxylic acids is 1. The Morgan fingerprint density at radius 3 is 2.54 bits per heavy atom. The normalized spacial score (nSPS) is 19.2. The van der Waals surface area contributed by atoms with Crippen molar-refractivity contribution < 1.29 is 22.8 Å². The lowest BCUT2D eigenvalue weighted by molar-refractivity contribution is 0.563. The molecular weight excluding hydrogens is 190 g/mol. The molecule has 0 spiro atoms. The third-order valence-corrected chi connectivity index (χ3v) is 2.05. The summed E-state index contributed by atoms with van der Waals surface area (Å²) in [6.45, 7) is -2.95. The van der Waals surface area contributed by atoms with Crippen molar-refractivity contribution in [2.45, 2.75) is 11.7 Å². The molecule has 0 aliphatic rings. The maximum Gasteiger partial charge on any atom is 0.292 e. The molecule has 5 heteroatoms. The van der Waals surface area contributed by atoms with Gasteiger partial charge in [-0.1, -0.05) is 22.0 Å². The van der Waals surface area contributed by atoms with Crippen LogP contribution >= 0.6 is 0 Å².